The summed E-state index contributed by atoms with van der Waals surface area (Å²) in [7, 11) is 0. The molecule has 0 saturated carbocycles. The highest BCUT2D eigenvalue weighted by molar-refractivity contribution is 5.39. The summed E-state index contributed by atoms with van der Waals surface area (Å²) in [5.74, 6) is -3.35. The first-order valence-corrected chi connectivity index (χ1v) is 9.76. The van der Waals surface area contributed by atoms with Crippen molar-refractivity contribution in [3.63, 3.8) is 0 Å². The molecule has 1 aliphatic carbocycles. The Labute approximate surface area is 168 Å². The minimum absolute atomic E-state index is 0.141. The van der Waals surface area contributed by atoms with E-state index in [1.54, 1.807) is 0 Å². The average Bonchev–Trinajstić information content (AvgIpc) is 2.70. The maximum absolute atomic E-state index is 14.1. The van der Waals surface area contributed by atoms with E-state index in [-0.39, 0.29) is 17.5 Å². The van der Waals surface area contributed by atoms with E-state index in [2.05, 4.69) is 17.0 Å². The number of nitrogens with two attached hydrogens (primary N) is 1. The lowest BCUT2D eigenvalue weighted by atomic mass is 9.80. The largest absolute Gasteiger partial charge is 0.327 e. The Hall–Kier alpha value is -2.62. The third-order valence-corrected chi connectivity index (χ3v) is 5.97. The van der Waals surface area contributed by atoms with Gasteiger partial charge in [-0.05, 0) is 54.2 Å². The van der Waals surface area contributed by atoms with E-state index in [9.17, 15) is 13.2 Å². The molecule has 1 aliphatic heterocycles. The van der Waals surface area contributed by atoms with Crippen LogP contribution in [0.4, 0.5) is 13.2 Å². The first-order valence-electron chi connectivity index (χ1n) is 9.76. The predicted octanol–water partition coefficient (Wildman–Crippen LogP) is 4.16. The molecule has 29 heavy (non-hydrogen) atoms. The summed E-state index contributed by atoms with van der Waals surface area (Å²) in [5.41, 5.74) is 10.7. The molecule has 3 nitrogen and oxygen atoms in total. The van der Waals surface area contributed by atoms with Gasteiger partial charge in [0.1, 0.15) is 5.82 Å². The van der Waals surface area contributed by atoms with Crippen LogP contribution in [0.2, 0.25) is 0 Å². The number of hydrogen-bond acceptors (Lipinski definition) is 3. The molecule has 2 atom stereocenters. The van der Waals surface area contributed by atoms with E-state index in [1.165, 1.54) is 16.7 Å². The van der Waals surface area contributed by atoms with Crippen molar-refractivity contribution in [2.45, 2.75) is 37.8 Å². The van der Waals surface area contributed by atoms with Crippen molar-refractivity contribution >= 4 is 0 Å². The van der Waals surface area contributed by atoms with Crippen LogP contribution in [0.5, 0.6) is 0 Å². The van der Waals surface area contributed by atoms with Gasteiger partial charge in [-0.1, -0.05) is 17.7 Å². The quantitative estimate of drug-likeness (QED) is 0.625. The van der Waals surface area contributed by atoms with Gasteiger partial charge in [0.05, 0.1) is 11.6 Å². The summed E-state index contributed by atoms with van der Waals surface area (Å²) in [5, 5.41) is 9.11. The summed E-state index contributed by atoms with van der Waals surface area (Å²) in [4.78, 5) is 2.32. The molecule has 0 unspecified atom stereocenters. The Morgan fingerprint density at radius 2 is 1.86 bits per heavy atom. The van der Waals surface area contributed by atoms with E-state index in [4.69, 9.17) is 11.0 Å². The zero-order chi connectivity index (χ0) is 20.5. The summed E-state index contributed by atoms with van der Waals surface area (Å²) >= 11 is 0. The highest BCUT2D eigenvalue weighted by Crippen LogP contribution is 2.34. The standard InChI is InChI=1S/C23H22F3N3/c24-20-10-22(26)21(25)9-19(20)18-4-2-15(8-23(18)28)12-29-6-5-16-3-1-14(11-27)7-17(16)13-29/h1-3,7,9-10,18,23H,4-6,8,12-13,28H2/t18-,23+/m0/s1. The predicted molar refractivity (Wildman–Crippen MR) is 104 cm³/mol. The van der Waals surface area contributed by atoms with Crippen molar-refractivity contribution in [3.05, 3.63) is 81.7 Å². The second kappa shape index (κ2) is 8.02. The Balaban J connectivity index is 1.45. The molecule has 0 aromatic heterocycles. The van der Waals surface area contributed by atoms with Gasteiger partial charge in [0.2, 0.25) is 0 Å². The SMILES string of the molecule is N#Cc1ccc2c(c1)CN(CC1=CC[C@@H](c3cc(F)c(F)cc3F)[C@H](N)C1)CC2. The van der Waals surface area contributed by atoms with Crippen LogP contribution in [0.15, 0.2) is 42.0 Å². The number of allylic oxidation sites excluding steroid dienone is 1. The normalized spacial score (nSPS) is 22.0. The number of rotatable bonds is 3. The van der Waals surface area contributed by atoms with Gasteiger partial charge in [-0.25, -0.2) is 13.2 Å². The monoisotopic (exact) mass is 397 g/mol. The first kappa shape index (κ1) is 19.7. The van der Waals surface area contributed by atoms with E-state index < -0.39 is 17.5 Å². The van der Waals surface area contributed by atoms with Crippen molar-refractivity contribution in [2.24, 2.45) is 5.73 Å². The summed E-state index contributed by atoms with van der Waals surface area (Å²) in [6.07, 6.45) is 4.07. The van der Waals surface area contributed by atoms with E-state index in [0.717, 1.165) is 32.1 Å². The Kier molecular flexibility index (Phi) is 5.44. The fraction of sp³-hybridized carbons (Fsp3) is 0.348. The van der Waals surface area contributed by atoms with Gasteiger partial charge in [-0.2, -0.15) is 5.26 Å². The molecule has 2 N–H and O–H groups in total. The number of benzene rings is 2. The van der Waals surface area contributed by atoms with E-state index in [0.29, 0.717) is 24.5 Å². The lowest BCUT2D eigenvalue weighted by Gasteiger charge is -2.34. The molecule has 2 aliphatic rings. The molecule has 4 rings (SSSR count). The summed E-state index contributed by atoms with van der Waals surface area (Å²) in [6.45, 7) is 2.46. The van der Waals surface area contributed by atoms with Crippen molar-refractivity contribution in [1.82, 2.24) is 4.90 Å². The topological polar surface area (TPSA) is 53.0 Å². The highest BCUT2D eigenvalue weighted by atomic mass is 19.2. The van der Waals surface area contributed by atoms with Gasteiger partial charge in [0, 0.05) is 37.7 Å². The van der Waals surface area contributed by atoms with E-state index in [1.807, 2.05) is 18.2 Å². The molecule has 0 saturated heterocycles. The van der Waals surface area contributed by atoms with Crippen LogP contribution in [0, 0.1) is 28.8 Å². The third-order valence-electron chi connectivity index (χ3n) is 5.97. The Morgan fingerprint density at radius 3 is 2.62 bits per heavy atom. The molecule has 0 fully saturated rings. The van der Waals surface area contributed by atoms with Gasteiger partial charge in [-0.3, -0.25) is 4.90 Å². The maximum Gasteiger partial charge on any atom is 0.161 e. The Morgan fingerprint density at radius 1 is 1.07 bits per heavy atom. The van der Waals surface area contributed by atoms with Gasteiger partial charge in [0.15, 0.2) is 11.6 Å². The molecule has 150 valence electrons. The fourth-order valence-corrected chi connectivity index (χ4v) is 4.41. The van der Waals surface area contributed by atoms with Crippen LogP contribution < -0.4 is 5.73 Å². The van der Waals surface area contributed by atoms with E-state index >= 15 is 0 Å². The van der Waals surface area contributed by atoms with Gasteiger partial charge in [-0.15, -0.1) is 0 Å². The molecule has 0 spiro atoms. The molecule has 6 heteroatoms. The van der Waals surface area contributed by atoms with Crippen molar-refractivity contribution < 1.29 is 13.2 Å². The van der Waals surface area contributed by atoms with Crippen LogP contribution in [0.1, 0.15) is 41.0 Å². The van der Waals surface area contributed by atoms with Crippen LogP contribution in [0.25, 0.3) is 0 Å². The zero-order valence-electron chi connectivity index (χ0n) is 16.0. The average molecular weight is 397 g/mol. The maximum atomic E-state index is 14.1. The number of nitrogens with zero attached hydrogens (tertiary/aromatic N) is 2. The Bertz CT molecular complexity index is 1010. The van der Waals surface area contributed by atoms with Gasteiger partial charge >= 0.3 is 0 Å². The van der Waals surface area contributed by atoms with Crippen molar-refractivity contribution in [2.75, 3.05) is 13.1 Å². The van der Waals surface area contributed by atoms with Crippen molar-refractivity contribution in [3.8, 4) is 6.07 Å². The lowest BCUT2D eigenvalue weighted by molar-refractivity contribution is 0.269. The number of nitriles is 1. The number of halogens is 3. The molecule has 1 heterocycles. The van der Waals surface area contributed by atoms with Crippen LogP contribution in [0.3, 0.4) is 0 Å². The molecule has 2 aromatic carbocycles. The smallest absolute Gasteiger partial charge is 0.161 e. The molecule has 0 bridgehead atoms. The fourth-order valence-electron chi connectivity index (χ4n) is 4.41. The van der Waals surface area contributed by atoms with Crippen LogP contribution in [-0.2, 0) is 13.0 Å². The minimum Gasteiger partial charge on any atom is -0.327 e. The summed E-state index contributed by atoms with van der Waals surface area (Å²) < 4.78 is 40.9. The molecular weight excluding hydrogens is 375 g/mol. The lowest BCUT2D eigenvalue weighted by Crippen LogP contribution is -2.37. The molecule has 2 aromatic rings. The minimum atomic E-state index is -1.18. The first-order chi connectivity index (χ1) is 13.9. The molecule has 0 radical (unpaired) electrons. The second-order valence-electron chi connectivity index (χ2n) is 7.92. The second-order valence-corrected chi connectivity index (χ2v) is 7.92. The van der Waals surface area contributed by atoms with Crippen molar-refractivity contribution in [1.29, 1.82) is 5.26 Å². The zero-order valence-corrected chi connectivity index (χ0v) is 16.0. The van der Waals surface area contributed by atoms with Gasteiger partial charge in [0.25, 0.3) is 0 Å². The number of hydrogen-bond donors (Lipinski definition) is 1. The van der Waals surface area contributed by atoms with Crippen LogP contribution >= 0.6 is 0 Å². The van der Waals surface area contributed by atoms with Gasteiger partial charge < -0.3 is 5.73 Å². The highest BCUT2D eigenvalue weighted by Gasteiger charge is 2.28. The number of fused-ring (bicyclic) bond motifs is 1. The third kappa shape index (κ3) is 4.07. The molecule has 0 amide bonds. The molecular formula is C23H22F3N3. The summed E-state index contributed by atoms with van der Waals surface area (Å²) in [6, 6.07) is 9.20. The van der Waals surface area contributed by atoms with Crippen LogP contribution in [-0.4, -0.2) is 24.0 Å².